The van der Waals surface area contributed by atoms with Crippen LogP contribution in [0.3, 0.4) is 0 Å². The van der Waals surface area contributed by atoms with Crippen molar-refractivity contribution in [2.24, 2.45) is 0 Å². The maximum atomic E-state index is 12.1. The second kappa shape index (κ2) is 4.76. The summed E-state index contributed by atoms with van der Waals surface area (Å²) in [7, 11) is 0. The zero-order valence-corrected chi connectivity index (χ0v) is 11.2. The fourth-order valence-electron chi connectivity index (χ4n) is 2.47. The van der Waals surface area contributed by atoms with Crippen molar-refractivity contribution >= 4 is 23.5 Å². The predicted molar refractivity (Wildman–Crippen MR) is 70.5 cm³/mol. The second-order valence-electron chi connectivity index (χ2n) is 4.67. The van der Waals surface area contributed by atoms with E-state index in [-0.39, 0.29) is 5.78 Å². The van der Waals surface area contributed by atoms with Crippen LogP contribution in [0.5, 0.6) is 0 Å². The number of allylic oxidation sites excluding steroid dienone is 2. The summed E-state index contributed by atoms with van der Waals surface area (Å²) in [6.45, 7) is 0.705. The third kappa shape index (κ3) is 2.05. The Hall–Kier alpha value is -1.30. The first-order chi connectivity index (χ1) is 8.78. The van der Waals surface area contributed by atoms with Crippen LogP contribution in [0.25, 0.3) is 0 Å². The molecular formula is C12H16N4OS. The van der Waals surface area contributed by atoms with Gasteiger partial charge in [0.05, 0.1) is 12.2 Å². The number of anilines is 1. The zero-order valence-electron chi connectivity index (χ0n) is 10.4. The number of fused-ring (bicyclic) bond motifs is 1. The maximum absolute atomic E-state index is 12.1. The minimum absolute atomic E-state index is 0.227. The molecule has 18 heavy (non-hydrogen) atoms. The standard InChI is InChI=1S/C12H16N4OS/c1-18-12-14-11-13-10-8(7-16(11)15-12)5-3-2-4-6-9(10)17/h2-7H2,1H3,(H,13,14,15). The van der Waals surface area contributed by atoms with Crippen molar-refractivity contribution in [1.82, 2.24) is 14.8 Å². The third-order valence-corrected chi connectivity index (χ3v) is 3.97. The van der Waals surface area contributed by atoms with E-state index in [1.165, 1.54) is 17.3 Å². The molecule has 6 heteroatoms. The van der Waals surface area contributed by atoms with Crippen molar-refractivity contribution < 1.29 is 4.79 Å². The number of ketones is 1. The highest BCUT2D eigenvalue weighted by molar-refractivity contribution is 7.98. The molecule has 1 aliphatic heterocycles. The van der Waals surface area contributed by atoms with Gasteiger partial charge in [-0.05, 0) is 31.1 Å². The lowest BCUT2D eigenvalue weighted by Gasteiger charge is -2.23. The molecule has 96 valence electrons. The Morgan fingerprint density at radius 1 is 1.28 bits per heavy atom. The molecule has 2 aliphatic rings. The summed E-state index contributed by atoms with van der Waals surface area (Å²) < 4.78 is 1.86. The van der Waals surface area contributed by atoms with Crippen LogP contribution in [0.15, 0.2) is 16.4 Å². The van der Waals surface area contributed by atoms with Crippen LogP contribution in [-0.4, -0.2) is 26.8 Å². The predicted octanol–water partition coefficient (Wildman–Crippen LogP) is 2.21. The van der Waals surface area contributed by atoms with Gasteiger partial charge >= 0.3 is 0 Å². The minimum Gasteiger partial charge on any atom is -0.321 e. The Morgan fingerprint density at radius 2 is 2.11 bits per heavy atom. The molecule has 0 atom stereocenters. The van der Waals surface area contributed by atoms with Crippen LogP contribution >= 0.6 is 11.8 Å². The first kappa shape index (κ1) is 11.8. The Bertz CT molecular complexity index is 520. The van der Waals surface area contributed by atoms with Crippen molar-refractivity contribution in [3.8, 4) is 0 Å². The smallest absolute Gasteiger partial charge is 0.227 e. The number of rotatable bonds is 1. The summed E-state index contributed by atoms with van der Waals surface area (Å²) in [6.07, 6.45) is 6.89. The number of hydrogen-bond donors (Lipinski definition) is 1. The topological polar surface area (TPSA) is 59.8 Å². The van der Waals surface area contributed by atoms with Gasteiger partial charge in [0.1, 0.15) is 0 Å². The van der Waals surface area contributed by atoms with E-state index < -0.39 is 0 Å². The lowest BCUT2D eigenvalue weighted by molar-refractivity contribution is -0.115. The summed E-state index contributed by atoms with van der Waals surface area (Å²) in [4.78, 5) is 16.5. The fraction of sp³-hybridized carbons (Fsp3) is 0.583. The molecule has 1 aromatic heterocycles. The largest absolute Gasteiger partial charge is 0.321 e. The van der Waals surface area contributed by atoms with Crippen molar-refractivity contribution in [2.75, 3.05) is 11.6 Å². The average molecular weight is 264 g/mol. The Kier molecular flexibility index (Phi) is 3.11. The van der Waals surface area contributed by atoms with E-state index in [4.69, 9.17) is 0 Å². The number of nitrogens with one attached hydrogen (secondary N) is 1. The number of carbonyl (C=O) groups is 1. The van der Waals surface area contributed by atoms with E-state index in [0.29, 0.717) is 18.9 Å². The van der Waals surface area contributed by atoms with Gasteiger partial charge in [0, 0.05) is 6.42 Å². The van der Waals surface area contributed by atoms with Gasteiger partial charge in [0.25, 0.3) is 0 Å². The number of nitrogens with zero attached hydrogens (tertiary/aromatic N) is 3. The molecule has 0 aromatic carbocycles. The van der Waals surface area contributed by atoms with Crippen molar-refractivity contribution in [2.45, 2.75) is 43.8 Å². The molecule has 1 N–H and O–H groups in total. The molecule has 5 nitrogen and oxygen atoms in total. The molecule has 1 aliphatic carbocycles. The van der Waals surface area contributed by atoms with Gasteiger partial charge < -0.3 is 5.32 Å². The highest BCUT2D eigenvalue weighted by Crippen LogP contribution is 2.28. The van der Waals surface area contributed by atoms with Gasteiger partial charge in [-0.15, -0.1) is 5.10 Å². The third-order valence-electron chi connectivity index (χ3n) is 3.43. The summed E-state index contributed by atoms with van der Waals surface area (Å²) in [5, 5.41) is 8.33. The SMILES string of the molecule is CSc1nc2n(n1)CC1=C(N2)C(=O)CCCCC1. The van der Waals surface area contributed by atoms with E-state index in [1.807, 2.05) is 10.9 Å². The van der Waals surface area contributed by atoms with E-state index in [0.717, 1.165) is 36.5 Å². The number of aromatic nitrogens is 3. The fourth-order valence-corrected chi connectivity index (χ4v) is 2.83. The van der Waals surface area contributed by atoms with E-state index in [9.17, 15) is 4.79 Å². The van der Waals surface area contributed by atoms with E-state index in [1.54, 1.807) is 0 Å². The molecule has 0 amide bonds. The molecule has 0 unspecified atom stereocenters. The van der Waals surface area contributed by atoms with Gasteiger partial charge in [0.2, 0.25) is 11.1 Å². The van der Waals surface area contributed by atoms with Crippen LogP contribution in [0, 0.1) is 0 Å². The quantitative estimate of drug-likeness (QED) is 0.788. The summed E-state index contributed by atoms with van der Waals surface area (Å²) in [5.41, 5.74) is 1.96. The first-order valence-corrected chi connectivity index (χ1v) is 7.51. The van der Waals surface area contributed by atoms with Gasteiger partial charge in [-0.25, -0.2) is 4.68 Å². The average Bonchev–Trinajstić information content (AvgIpc) is 2.77. The lowest BCUT2D eigenvalue weighted by atomic mass is 9.95. The van der Waals surface area contributed by atoms with Crippen molar-refractivity contribution in [3.05, 3.63) is 11.3 Å². The molecule has 0 radical (unpaired) electrons. The van der Waals surface area contributed by atoms with Gasteiger partial charge in [-0.2, -0.15) is 4.98 Å². The molecule has 0 saturated heterocycles. The number of carbonyl (C=O) groups excluding carboxylic acids is 1. The van der Waals surface area contributed by atoms with Crippen LogP contribution in [0.2, 0.25) is 0 Å². The second-order valence-corrected chi connectivity index (χ2v) is 5.44. The van der Waals surface area contributed by atoms with Crippen LogP contribution in [0.4, 0.5) is 5.95 Å². The summed E-state index contributed by atoms with van der Waals surface area (Å²) in [5.74, 6) is 0.927. The van der Waals surface area contributed by atoms with Gasteiger partial charge in [0.15, 0.2) is 5.78 Å². The molecule has 3 rings (SSSR count). The number of hydrogen-bond acceptors (Lipinski definition) is 5. The lowest BCUT2D eigenvalue weighted by Crippen LogP contribution is -2.25. The minimum atomic E-state index is 0.227. The number of Topliss-reactive ketones (excluding diaryl/α,β-unsaturated/α-hetero) is 1. The molecule has 1 aromatic rings. The highest BCUT2D eigenvalue weighted by Gasteiger charge is 2.25. The normalized spacial score (nSPS) is 19.7. The van der Waals surface area contributed by atoms with Crippen molar-refractivity contribution in [1.29, 1.82) is 0 Å². The Balaban J connectivity index is 1.93. The summed E-state index contributed by atoms with van der Waals surface area (Å²) in [6, 6.07) is 0. The van der Waals surface area contributed by atoms with E-state index >= 15 is 0 Å². The molecular weight excluding hydrogens is 248 g/mol. The monoisotopic (exact) mass is 264 g/mol. The van der Waals surface area contributed by atoms with E-state index in [2.05, 4.69) is 15.4 Å². The molecule has 0 bridgehead atoms. The van der Waals surface area contributed by atoms with Gasteiger partial charge in [-0.3, -0.25) is 4.79 Å². The van der Waals surface area contributed by atoms with Gasteiger partial charge in [-0.1, -0.05) is 18.2 Å². The number of thioether (sulfide) groups is 1. The van der Waals surface area contributed by atoms with Crippen LogP contribution in [-0.2, 0) is 11.3 Å². The zero-order chi connectivity index (χ0) is 12.5. The first-order valence-electron chi connectivity index (χ1n) is 6.29. The summed E-state index contributed by atoms with van der Waals surface area (Å²) >= 11 is 1.52. The maximum Gasteiger partial charge on any atom is 0.227 e. The molecule has 2 heterocycles. The van der Waals surface area contributed by atoms with Crippen LogP contribution in [0.1, 0.15) is 32.1 Å². The van der Waals surface area contributed by atoms with Crippen molar-refractivity contribution in [3.63, 3.8) is 0 Å². The molecule has 0 fully saturated rings. The Labute approximate surface area is 110 Å². The molecule has 0 spiro atoms. The highest BCUT2D eigenvalue weighted by atomic mass is 32.2. The van der Waals surface area contributed by atoms with Crippen LogP contribution < -0.4 is 5.32 Å². The Morgan fingerprint density at radius 3 is 2.94 bits per heavy atom. The molecule has 0 saturated carbocycles.